The van der Waals surface area contributed by atoms with Gasteiger partial charge in [0.15, 0.2) is 0 Å². The number of hydrogen-bond donors (Lipinski definition) is 1. The number of rotatable bonds is 3. The molecule has 2 nitrogen and oxygen atoms in total. The van der Waals surface area contributed by atoms with Crippen molar-refractivity contribution in [2.45, 2.75) is 27.3 Å². The molecule has 0 unspecified atom stereocenters. The van der Waals surface area contributed by atoms with Crippen LogP contribution in [0.4, 0.5) is 0 Å². The highest BCUT2D eigenvalue weighted by atomic mass is 16.1. The Hall–Kier alpha value is -1.31. The second-order valence-electron chi connectivity index (χ2n) is 2.49. The third-order valence-corrected chi connectivity index (χ3v) is 1.47. The summed E-state index contributed by atoms with van der Waals surface area (Å²) in [5, 5.41) is 2.61. The second-order valence-corrected chi connectivity index (χ2v) is 2.49. The molecule has 0 spiro atoms. The molecule has 1 amide bonds. The van der Waals surface area contributed by atoms with Gasteiger partial charge >= 0.3 is 0 Å². The van der Waals surface area contributed by atoms with E-state index < -0.39 is 0 Å². The van der Waals surface area contributed by atoms with Crippen molar-refractivity contribution in [1.82, 2.24) is 5.32 Å². The minimum atomic E-state index is 0.616. The van der Waals surface area contributed by atoms with Crippen LogP contribution in [-0.4, -0.2) is 6.41 Å². The molecule has 0 radical (unpaired) electrons. The van der Waals surface area contributed by atoms with Gasteiger partial charge in [-0.25, -0.2) is 0 Å². The van der Waals surface area contributed by atoms with E-state index in [0.717, 1.165) is 5.56 Å². The van der Waals surface area contributed by atoms with Crippen molar-refractivity contribution >= 4 is 6.41 Å². The standard InChI is InChI=1S/C9H11NO.C2H6/c1-8-3-2-4-9(5-8)6-10-7-11;1-2/h2-5,7H,6H2,1H3,(H,10,11);1-2H3. The Morgan fingerprint density at radius 2 is 2.08 bits per heavy atom. The van der Waals surface area contributed by atoms with E-state index in [0.29, 0.717) is 13.0 Å². The van der Waals surface area contributed by atoms with Crippen LogP contribution in [-0.2, 0) is 11.3 Å². The summed E-state index contributed by atoms with van der Waals surface area (Å²) in [6.07, 6.45) is 0.711. The maximum atomic E-state index is 9.95. The van der Waals surface area contributed by atoms with E-state index in [1.54, 1.807) is 0 Å². The van der Waals surface area contributed by atoms with Crippen molar-refractivity contribution in [3.05, 3.63) is 35.4 Å². The Balaban J connectivity index is 0.000000671. The summed E-state index contributed by atoms with van der Waals surface area (Å²) in [5.41, 5.74) is 2.35. The van der Waals surface area contributed by atoms with E-state index in [4.69, 9.17) is 0 Å². The van der Waals surface area contributed by atoms with Crippen LogP contribution in [0.2, 0.25) is 0 Å². The number of carbonyl (C=O) groups excluding carboxylic acids is 1. The molecule has 0 fully saturated rings. The van der Waals surface area contributed by atoms with Crippen LogP contribution in [0.25, 0.3) is 0 Å². The molecule has 0 atom stereocenters. The van der Waals surface area contributed by atoms with Gasteiger partial charge in [0.05, 0.1) is 0 Å². The van der Waals surface area contributed by atoms with Crippen LogP contribution in [0.1, 0.15) is 25.0 Å². The van der Waals surface area contributed by atoms with Crippen LogP contribution in [0.3, 0.4) is 0 Å². The van der Waals surface area contributed by atoms with E-state index in [9.17, 15) is 4.79 Å². The highest BCUT2D eigenvalue weighted by Gasteiger charge is 1.89. The zero-order valence-corrected chi connectivity index (χ0v) is 8.50. The zero-order valence-electron chi connectivity index (χ0n) is 8.50. The average Bonchev–Trinajstić information content (AvgIpc) is 2.18. The smallest absolute Gasteiger partial charge is 0.207 e. The lowest BCUT2D eigenvalue weighted by Crippen LogP contribution is -2.09. The van der Waals surface area contributed by atoms with Crippen molar-refractivity contribution in [2.24, 2.45) is 0 Å². The fourth-order valence-electron chi connectivity index (χ4n) is 0.982. The van der Waals surface area contributed by atoms with Crippen molar-refractivity contribution < 1.29 is 4.79 Å². The number of hydrogen-bond acceptors (Lipinski definition) is 1. The Bertz CT molecular complexity index is 246. The fourth-order valence-corrected chi connectivity index (χ4v) is 0.982. The molecule has 1 rings (SSSR count). The molecule has 1 N–H and O–H groups in total. The van der Waals surface area contributed by atoms with Gasteiger partial charge in [0.25, 0.3) is 0 Å². The molecular weight excluding hydrogens is 162 g/mol. The molecule has 2 heteroatoms. The van der Waals surface area contributed by atoms with Crippen LogP contribution in [0.5, 0.6) is 0 Å². The lowest BCUT2D eigenvalue weighted by molar-refractivity contribution is -0.109. The largest absolute Gasteiger partial charge is 0.355 e. The van der Waals surface area contributed by atoms with Crippen molar-refractivity contribution in [3.63, 3.8) is 0 Å². The lowest BCUT2D eigenvalue weighted by Gasteiger charge is -1.99. The third-order valence-electron chi connectivity index (χ3n) is 1.47. The van der Waals surface area contributed by atoms with E-state index in [1.165, 1.54) is 5.56 Å². The number of aryl methyl sites for hydroxylation is 1. The zero-order chi connectivity index (χ0) is 10.1. The van der Waals surface area contributed by atoms with E-state index in [1.807, 2.05) is 39.0 Å². The molecule has 0 heterocycles. The van der Waals surface area contributed by atoms with Crippen molar-refractivity contribution in [3.8, 4) is 0 Å². The highest BCUT2D eigenvalue weighted by molar-refractivity contribution is 5.46. The van der Waals surface area contributed by atoms with E-state index >= 15 is 0 Å². The minimum absolute atomic E-state index is 0.616. The van der Waals surface area contributed by atoms with Gasteiger partial charge in [-0.3, -0.25) is 4.79 Å². The highest BCUT2D eigenvalue weighted by Crippen LogP contribution is 2.02. The molecule has 72 valence electrons. The van der Waals surface area contributed by atoms with Gasteiger partial charge in [-0.05, 0) is 12.5 Å². The molecule has 0 aromatic heterocycles. The number of benzene rings is 1. The first-order chi connectivity index (χ1) is 6.33. The maximum Gasteiger partial charge on any atom is 0.207 e. The predicted octanol–water partition coefficient (Wildman–Crippen LogP) is 2.27. The van der Waals surface area contributed by atoms with Gasteiger partial charge < -0.3 is 5.32 Å². The SMILES string of the molecule is CC.Cc1cccc(CNC=O)c1. The summed E-state index contributed by atoms with van der Waals surface area (Å²) < 4.78 is 0. The summed E-state index contributed by atoms with van der Waals surface area (Å²) in [6.45, 7) is 6.65. The first kappa shape index (κ1) is 11.7. The van der Waals surface area contributed by atoms with Crippen molar-refractivity contribution in [2.75, 3.05) is 0 Å². The summed E-state index contributed by atoms with van der Waals surface area (Å²) >= 11 is 0. The van der Waals surface area contributed by atoms with Gasteiger partial charge in [0.1, 0.15) is 0 Å². The molecule has 0 aliphatic carbocycles. The van der Waals surface area contributed by atoms with Crippen LogP contribution >= 0.6 is 0 Å². The van der Waals surface area contributed by atoms with Crippen molar-refractivity contribution in [1.29, 1.82) is 0 Å². The van der Waals surface area contributed by atoms with E-state index in [-0.39, 0.29) is 0 Å². The molecule has 0 saturated heterocycles. The summed E-state index contributed by atoms with van der Waals surface area (Å²) in [7, 11) is 0. The molecule has 0 bridgehead atoms. The summed E-state index contributed by atoms with van der Waals surface area (Å²) in [5.74, 6) is 0. The summed E-state index contributed by atoms with van der Waals surface area (Å²) in [4.78, 5) is 9.95. The van der Waals surface area contributed by atoms with E-state index in [2.05, 4.69) is 11.4 Å². The minimum Gasteiger partial charge on any atom is -0.355 e. The lowest BCUT2D eigenvalue weighted by atomic mass is 10.1. The van der Waals surface area contributed by atoms with Crippen LogP contribution in [0.15, 0.2) is 24.3 Å². The van der Waals surface area contributed by atoms with Gasteiger partial charge in [-0.15, -0.1) is 0 Å². The van der Waals surface area contributed by atoms with Crippen LogP contribution in [0, 0.1) is 6.92 Å². The van der Waals surface area contributed by atoms with Gasteiger partial charge in [0.2, 0.25) is 6.41 Å². The van der Waals surface area contributed by atoms with Gasteiger partial charge in [-0.2, -0.15) is 0 Å². The quantitative estimate of drug-likeness (QED) is 0.708. The monoisotopic (exact) mass is 179 g/mol. The molecule has 0 aliphatic heterocycles. The molecule has 1 aromatic carbocycles. The average molecular weight is 179 g/mol. The Kier molecular flexibility index (Phi) is 6.60. The Labute approximate surface area is 80.0 Å². The number of carbonyl (C=O) groups is 1. The van der Waals surface area contributed by atoms with Gasteiger partial charge in [-0.1, -0.05) is 43.7 Å². The topological polar surface area (TPSA) is 29.1 Å². The third kappa shape index (κ3) is 5.01. The first-order valence-corrected chi connectivity index (χ1v) is 4.55. The van der Waals surface area contributed by atoms with Crippen LogP contribution < -0.4 is 5.32 Å². The second kappa shape index (κ2) is 7.35. The normalized spacial score (nSPS) is 8.23. The fraction of sp³-hybridized carbons (Fsp3) is 0.364. The number of amides is 1. The molecule has 0 saturated carbocycles. The molecule has 13 heavy (non-hydrogen) atoms. The molecular formula is C11H17NO. The Morgan fingerprint density at radius 1 is 1.38 bits per heavy atom. The van der Waals surface area contributed by atoms with Gasteiger partial charge in [0, 0.05) is 6.54 Å². The number of nitrogens with one attached hydrogen (secondary N) is 1. The Morgan fingerprint density at radius 3 is 2.62 bits per heavy atom. The molecule has 1 aromatic rings. The maximum absolute atomic E-state index is 9.95. The first-order valence-electron chi connectivity index (χ1n) is 4.55. The molecule has 0 aliphatic rings. The predicted molar refractivity (Wildman–Crippen MR) is 55.4 cm³/mol. The summed E-state index contributed by atoms with van der Waals surface area (Å²) in [6, 6.07) is 8.06.